The van der Waals surface area contributed by atoms with Crippen molar-refractivity contribution in [1.29, 1.82) is 0 Å². The smallest absolute Gasteiger partial charge is 0.264 e. The molecule has 19 heavy (non-hydrogen) atoms. The average Bonchev–Trinajstić information content (AvgIpc) is 2.34. The van der Waals surface area contributed by atoms with Gasteiger partial charge in [-0.1, -0.05) is 17.7 Å². The fourth-order valence-electron chi connectivity index (χ4n) is 1.58. The van der Waals surface area contributed by atoms with E-state index < -0.39 is 10.0 Å². The van der Waals surface area contributed by atoms with Crippen molar-refractivity contribution >= 4 is 27.3 Å². The maximum absolute atomic E-state index is 12.2. The first-order valence-electron chi connectivity index (χ1n) is 5.60. The summed E-state index contributed by atoms with van der Waals surface area (Å²) in [5.74, 6) is 0. The van der Waals surface area contributed by atoms with Gasteiger partial charge in [-0.3, -0.25) is 9.71 Å². The van der Waals surface area contributed by atoms with E-state index in [4.69, 9.17) is 11.6 Å². The Hall–Kier alpha value is -1.59. The fraction of sp³-hybridized carbons (Fsp3) is 0.154. The normalized spacial score (nSPS) is 11.3. The van der Waals surface area contributed by atoms with Crippen LogP contribution in [0, 0.1) is 13.8 Å². The van der Waals surface area contributed by atoms with Crippen LogP contribution < -0.4 is 4.72 Å². The SMILES string of the molecule is Cc1ccc(NS(=O)(=O)c2cnccc2Cl)cc1C. The third-order valence-electron chi connectivity index (χ3n) is 2.78. The monoisotopic (exact) mass is 296 g/mol. The zero-order valence-electron chi connectivity index (χ0n) is 10.5. The molecule has 1 aromatic heterocycles. The van der Waals surface area contributed by atoms with Gasteiger partial charge >= 0.3 is 0 Å². The number of hydrogen-bond donors (Lipinski definition) is 1. The van der Waals surface area contributed by atoms with Crippen molar-refractivity contribution in [2.75, 3.05) is 4.72 Å². The first kappa shape index (κ1) is 13.8. The molecule has 0 fully saturated rings. The number of rotatable bonds is 3. The number of nitrogens with zero attached hydrogens (tertiary/aromatic N) is 1. The summed E-state index contributed by atoms with van der Waals surface area (Å²) in [6.07, 6.45) is 2.67. The molecule has 0 atom stereocenters. The lowest BCUT2D eigenvalue weighted by atomic mass is 10.1. The van der Waals surface area contributed by atoms with Crippen molar-refractivity contribution in [3.63, 3.8) is 0 Å². The highest BCUT2D eigenvalue weighted by Crippen LogP contribution is 2.23. The third kappa shape index (κ3) is 3.05. The van der Waals surface area contributed by atoms with Gasteiger partial charge in [-0.2, -0.15) is 0 Å². The number of sulfonamides is 1. The molecule has 2 rings (SSSR count). The number of aryl methyl sites for hydroxylation is 2. The Bertz CT molecular complexity index is 714. The van der Waals surface area contributed by atoms with Crippen LogP contribution in [-0.2, 0) is 10.0 Å². The summed E-state index contributed by atoms with van der Waals surface area (Å²) < 4.78 is 26.9. The number of halogens is 1. The predicted octanol–water partition coefficient (Wildman–Crippen LogP) is 3.15. The molecule has 0 aliphatic heterocycles. The van der Waals surface area contributed by atoms with E-state index in [-0.39, 0.29) is 9.92 Å². The number of anilines is 1. The molecule has 0 amide bonds. The molecule has 0 aliphatic carbocycles. The molecular weight excluding hydrogens is 284 g/mol. The van der Waals surface area contributed by atoms with Gasteiger partial charge in [0.2, 0.25) is 0 Å². The Morgan fingerprint density at radius 2 is 1.89 bits per heavy atom. The van der Waals surface area contributed by atoms with E-state index in [0.29, 0.717) is 5.69 Å². The Kier molecular flexibility index (Phi) is 3.78. The van der Waals surface area contributed by atoms with Crippen molar-refractivity contribution in [1.82, 2.24) is 4.98 Å². The molecule has 0 spiro atoms. The number of aromatic nitrogens is 1. The summed E-state index contributed by atoms with van der Waals surface area (Å²) in [5, 5.41) is 0.145. The minimum Gasteiger partial charge on any atom is -0.280 e. The van der Waals surface area contributed by atoms with Gasteiger partial charge in [0.1, 0.15) is 4.90 Å². The van der Waals surface area contributed by atoms with Crippen LogP contribution in [0.15, 0.2) is 41.6 Å². The van der Waals surface area contributed by atoms with E-state index in [9.17, 15) is 8.42 Å². The van der Waals surface area contributed by atoms with Crippen molar-refractivity contribution in [3.05, 3.63) is 52.8 Å². The van der Waals surface area contributed by atoms with Gasteiger partial charge in [-0.05, 0) is 43.2 Å². The van der Waals surface area contributed by atoms with E-state index in [1.54, 1.807) is 12.1 Å². The van der Waals surface area contributed by atoms with Gasteiger partial charge in [0.25, 0.3) is 10.0 Å². The second-order valence-corrected chi connectivity index (χ2v) is 6.27. The molecule has 0 bridgehead atoms. The van der Waals surface area contributed by atoms with E-state index in [0.717, 1.165) is 11.1 Å². The number of hydrogen-bond acceptors (Lipinski definition) is 3. The van der Waals surface area contributed by atoms with Gasteiger partial charge in [-0.15, -0.1) is 0 Å². The van der Waals surface area contributed by atoms with Crippen molar-refractivity contribution < 1.29 is 8.42 Å². The summed E-state index contributed by atoms with van der Waals surface area (Å²) in [4.78, 5) is 3.75. The molecule has 1 N–H and O–H groups in total. The van der Waals surface area contributed by atoms with Gasteiger partial charge in [0, 0.05) is 18.1 Å². The van der Waals surface area contributed by atoms with Crippen LogP contribution in [0.2, 0.25) is 5.02 Å². The molecule has 2 aromatic rings. The van der Waals surface area contributed by atoms with E-state index in [2.05, 4.69) is 9.71 Å². The zero-order valence-corrected chi connectivity index (χ0v) is 12.1. The Labute approximate surface area is 117 Å². The Morgan fingerprint density at radius 1 is 1.16 bits per heavy atom. The second-order valence-electron chi connectivity index (χ2n) is 4.21. The minimum atomic E-state index is -3.72. The average molecular weight is 297 g/mol. The molecule has 0 saturated heterocycles. The predicted molar refractivity (Wildman–Crippen MR) is 76.0 cm³/mol. The maximum atomic E-state index is 12.2. The molecule has 0 unspecified atom stereocenters. The molecule has 6 heteroatoms. The second kappa shape index (κ2) is 5.19. The van der Waals surface area contributed by atoms with E-state index >= 15 is 0 Å². The number of pyridine rings is 1. The largest absolute Gasteiger partial charge is 0.280 e. The molecule has 1 aromatic carbocycles. The summed E-state index contributed by atoms with van der Waals surface area (Å²) in [5.41, 5.74) is 2.61. The molecule has 4 nitrogen and oxygen atoms in total. The van der Waals surface area contributed by atoms with Crippen LogP contribution in [0.3, 0.4) is 0 Å². The number of nitrogens with one attached hydrogen (secondary N) is 1. The Balaban J connectivity index is 2.37. The standard InChI is InChI=1S/C13H13ClN2O2S/c1-9-3-4-11(7-10(9)2)16-19(17,18)13-8-15-6-5-12(13)14/h3-8,16H,1-2H3. The molecule has 0 aliphatic rings. The van der Waals surface area contributed by atoms with Crippen LogP contribution in [0.4, 0.5) is 5.69 Å². The third-order valence-corrected chi connectivity index (χ3v) is 4.63. The highest BCUT2D eigenvalue weighted by atomic mass is 35.5. The van der Waals surface area contributed by atoms with Gasteiger partial charge in [-0.25, -0.2) is 8.42 Å². The van der Waals surface area contributed by atoms with E-state index in [1.165, 1.54) is 18.5 Å². The Morgan fingerprint density at radius 3 is 2.53 bits per heavy atom. The molecule has 0 saturated carbocycles. The summed E-state index contributed by atoms with van der Waals surface area (Å²) >= 11 is 5.87. The van der Waals surface area contributed by atoms with Crippen LogP contribution in [0.5, 0.6) is 0 Å². The van der Waals surface area contributed by atoms with Crippen molar-refractivity contribution in [2.45, 2.75) is 18.7 Å². The lowest BCUT2D eigenvalue weighted by Crippen LogP contribution is -2.13. The first-order chi connectivity index (χ1) is 8.90. The van der Waals surface area contributed by atoms with Gasteiger partial charge < -0.3 is 0 Å². The summed E-state index contributed by atoms with van der Waals surface area (Å²) in [6, 6.07) is 6.79. The quantitative estimate of drug-likeness (QED) is 0.946. The van der Waals surface area contributed by atoms with E-state index in [1.807, 2.05) is 19.9 Å². The lowest BCUT2D eigenvalue weighted by Gasteiger charge is -2.10. The zero-order chi connectivity index (χ0) is 14.0. The molecule has 100 valence electrons. The lowest BCUT2D eigenvalue weighted by molar-refractivity contribution is 0.601. The van der Waals surface area contributed by atoms with Crippen molar-refractivity contribution in [2.24, 2.45) is 0 Å². The maximum Gasteiger partial charge on any atom is 0.264 e. The topological polar surface area (TPSA) is 59.1 Å². The van der Waals surface area contributed by atoms with Crippen LogP contribution in [-0.4, -0.2) is 13.4 Å². The highest BCUT2D eigenvalue weighted by molar-refractivity contribution is 7.92. The number of benzene rings is 1. The highest BCUT2D eigenvalue weighted by Gasteiger charge is 2.18. The molecular formula is C13H13ClN2O2S. The van der Waals surface area contributed by atoms with Crippen LogP contribution >= 0.6 is 11.6 Å². The van der Waals surface area contributed by atoms with Gasteiger partial charge in [0.15, 0.2) is 0 Å². The summed E-state index contributed by atoms with van der Waals surface area (Å²) in [6.45, 7) is 3.88. The van der Waals surface area contributed by atoms with Crippen LogP contribution in [0.1, 0.15) is 11.1 Å². The summed E-state index contributed by atoms with van der Waals surface area (Å²) in [7, 11) is -3.72. The van der Waals surface area contributed by atoms with Gasteiger partial charge in [0.05, 0.1) is 5.02 Å². The van der Waals surface area contributed by atoms with Crippen LogP contribution in [0.25, 0.3) is 0 Å². The fourth-order valence-corrected chi connectivity index (χ4v) is 3.06. The molecule has 1 heterocycles. The molecule has 0 radical (unpaired) electrons. The first-order valence-corrected chi connectivity index (χ1v) is 7.46. The minimum absolute atomic E-state index is 0.0325. The van der Waals surface area contributed by atoms with Crippen molar-refractivity contribution in [3.8, 4) is 0 Å².